The van der Waals surface area contributed by atoms with Crippen LogP contribution in [0.3, 0.4) is 0 Å². The van der Waals surface area contributed by atoms with Crippen LogP contribution in [0.4, 0.5) is 5.95 Å². The number of hydrogen-bond acceptors (Lipinski definition) is 6. The van der Waals surface area contributed by atoms with E-state index in [1.165, 1.54) is 0 Å². The van der Waals surface area contributed by atoms with Gasteiger partial charge >= 0.3 is 0 Å². The molecule has 4 rings (SSSR count). The molecule has 2 aliphatic rings. The van der Waals surface area contributed by atoms with Gasteiger partial charge in [0.2, 0.25) is 5.95 Å². The van der Waals surface area contributed by atoms with Crippen LogP contribution < -0.4 is 10.6 Å². The number of aromatic nitrogens is 2. The summed E-state index contributed by atoms with van der Waals surface area (Å²) >= 11 is 0. The summed E-state index contributed by atoms with van der Waals surface area (Å²) in [4.78, 5) is 22.0. The normalized spacial score (nSPS) is 24.2. The third-order valence-corrected chi connectivity index (χ3v) is 6.13. The molecule has 2 aromatic rings. The molecule has 2 saturated carbocycles. The van der Waals surface area contributed by atoms with Crippen molar-refractivity contribution in [2.45, 2.75) is 69.1 Å². The molecule has 7 heteroatoms. The maximum Gasteiger partial charge on any atom is 0.254 e. The van der Waals surface area contributed by atoms with Gasteiger partial charge in [0, 0.05) is 17.6 Å². The van der Waals surface area contributed by atoms with Crippen LogP contribution >= 0.6 is 0 Å². The minimum Gasteiger partial charge on any atom is -0.394 e. The SMILES string of the molecule is O=C(NC1(CO)CCCC1)c1cccc2cnc(N[C@H]3CC[C@H](O)CC3)nc12. The molecule has 0 spiro atoms. The summed E-state index contributed by atoms with van der Waals surface area (Å²) in [6.07, 6.45) is 8.48. The fourth-order valence-electron chi connectivity index (χ4n) is 4.39. The van der Waals surface area contributed by atoms with Gasteiger partial charge in [-0.05, 0) is 44.6 Å². The van der Waals surface area contributed by atoms with Crippen molar-refractivity contribution in [1.29, 1.82) is 0 Å². The Morgan fingerprint density at radius 3 is 2.64 bits per heavy atom. The second kappa shape index (κ2) is 8.01. The fraction of sp³-hybridized carbons (Fsp3) is 0.571. The minimum absolute atomic E-state index is 0.0428. The molecule has 0 bridgehead atoms. The van der Waals surface area contributed by atoms with Gasteiger partial charge in [-0.1, -0.05) is 25.0 Å². The lowest BCUT2D eigenvalue weighted by atomic mass is 9.93. The van der Waals surface area contributed by atoms with Crippen molar-refractivity contribution in [3.8, 4) is 0 Å². The number of rotatable bonds is 5. The van der Waals surface area contributed by atoms with Crippen LogP contribution in [-0.2, 0) is 0 Å². The number of hydrogen-bond donors (Lipinski definition) is 4. The molecule has 0 atom stereocenters. The van der Waals surface area contributed by atoms with E-state index in [0.29, 0.717) is 17.0 Å². The van der Waals surface area contributed by atoms with Crippen LogP contribution in [0.5, 0.6) is 0 Å². The van der Waals surface area contributed by atoms with Crippen molar-refractivity contribution in [3.05, 3.63) is 30.0 Å². The van der Waals surface area contributed by atoms with Crippen molar-refractivity contribution in [3.63, 3.8) is 0 Å². The van der Waals surface area contributed by atoms with Gasteiger partial charge in [0.15, 0.2) is 0 Å². The van der Waals surface area contributed by atoms with E-state index in [0.717, 1.165) is 56.8 Å². The molecule has 4 N–H and O–H groups in total. The lowest BCUT2D eigenvalue weighted by Gasteiger charge is -2.28. The van der Waals surface area contributed by atoms with E-state index in [-0.39, 0.29) is 24.7 Å². The molecule has 7 nitrogen and oxygen atoms in total. The Morgan fingerprint density at radius 1 is 1.18 bits per heavy atom. The highest BCUT2D eigenvalue weighted by atomic mass is 16.3. The number of aliphatic hydroxyl groups excluding tert-OH is 2. The Labute approximate surface area is 164 Å². The average molecular weight is 384 g/mol. The smallest absolute Gasteiger partial charge is 0.254 e. The number of aliphatic hydroxyl groups is 2. The number of benzene rings is 1. The predicted molar refractivity (Wildman–Crippen MR) is 107 cm³/mol. The number of carbonyl (C=O) groups excluding carboxylic acids is 1. The van der Waals surface area contributed by atoms with Crippen molar-refractivity contribution in [2.75, 3.05) is 11.9 Å². The highest BCUT2D eigenvalue weighted by Crippen LogP contribution is 2.30. The Bertz CT molecular complexity index is 843. The maximum atomic E-state index is 13.0. The summed E-state index contributed by atoms with van der Waals surface area (Å²) in [7, 11) is 0. The molecule has 1 heterocycles. The van der Waals surface area contributed by atoms with Gasteiger partial charge < -0.3 is 20.8 Å². The fourth-order valence-corrected chi connectivity index (χ4v) is 4.39. The molecule has 1 amide bonds. The van der Waals surface area contributed by atoms with Crippen molar-refractivity contribution < 1.29 is 15.0 Å². The Kier molecular flexibility index (Phi) is 5.46. The first-order valence-corrected chi connectivity index (χ1v) is 10.2. The molecule has 150 valence electrons. The molecule has 0 aliphatic heterocycles. The largest absolute Gasteiger partial charge is 0.394 e. The zero-order chi connectivity index (χ0) is 19.6. The number of amides is 1. The number of para-hydroxylation sites is 1. The lowest BCUT2D eigenvalue weighted by molar-refractivity contribution is 0.0840. The highest BCUT2D eigenvalue weighted by Gasteiger charge is 2.35. The molecule has 0 unspecified atom stereocenters. The number of anilines is 1. The van der Waals surface area contributed by atoms with Gasteiger partial charge in [0.25, 0.3) is 5.91 Å². The van der Waals surface area contributed by atoms with Gasteiger partial charge in [0.1, 0.15) is 0 Å². The molecule has 28 heavy (non-hydrogen) atoms. The van der Waals surface area contributed by atoms with E-state index in [4.69, 9.17) is 0 Å². The zero-order valence-electron chi connectivity index (χ0n) is 16.0. The van der Waals surface area contributed by atoms with E-state index in [1.54, 1.807) is 12.3 Å². The summed E-state index contributed by atoms with van der Waals surface area (Å²) in [5.41, 5.74) is 0.595. The number of nitrogens with one attached hydrogen (secondary N) is 2. The van der Waals surface area contributed by atoms with Crippen LogP contribution in [0.1, 0.15) is 61.7 Å². The van der Waals surface area contributed by atoms with Crippen LogP contribution in [0.2, 0.25) is 0 Å². The molecule has 0 saturated heterocycles. The first-order valence-electron chi connectivity index (χ1n) is 10.2. The number of carbonyl (C=O) groups is 1. The van der Waals surface area contributed by atoms with Gasteiger partial charge in [-0.3, -0.25) is 4.79 Å². The minimum atomic E-state index is -0.518. The predicted octanol–water partition coefficient (Wildman–Crippen LogP) is 2.38. The number of nitrogens with zero attached hydrogens (tertiary/aromatic N) is 2. The summed E-state index contributed by atoms with van der Waals surface area (Å²) in [6, 6.07) is 5.73. The summed E-state index contributed by atoms with van der Waals surface area (Å²) in [5, 5.41) is 26.7. The molecular formula is C21H28N4O3. The van der Waals surface area contributed by atoms with Gasteiger partial charge in [0.05, 0.1) is 29.3 Å². The topological polar surface area (TPSA) is 107 Å². The van der Waals surface area contributed by atoms with Crippen LogP contribution in [0, 0.1) is 0 Å². The Hall–Kier alpha value is -2.25. The van der Waals surface area contributed by atoms with Crippen molar-refractivity contribution in [1.82, 2.24) is 15.3 Å². The van der Waals surface area contributed by atoms with E-state index >= 15 is 0 Å². The van der Waals surface area contributed by atoms with E-state index < -0.39 is 5.54 Å². The van der Waals surface area contributed by atoms with E-state index in [1.807, 2.05) is 12.1 Å². The third kappa shape index (κ3) is 3.95. The summed E-state index contributed by atoms with van der Waals surface area (Å²) in [6.45, 7) is -0.0428. The first kappa shape index (κ1) is 19.1. The highest BCUT2D eigenvalue weighted by molar-refractivity contribution is 6.05. The van der Waals surface area contributed by atoms with Gasteiger partial charge in [-0.2, -0.15) is 0 Å². The lowest BCUT2D eigenvalue weighted by Crippen LogP contribution is -2.49. The second-order valence-corrected chi connectivity index (χ2v) is 8.19. The van der Waals surface area contributed by atoms with Crippen LogP contribution in [-0.4, -0.2) is 50.4 Å². The molecule has 2 fully saturated rings. The van der Waals surface area contributed by atoms with Crippen molar-refractivity contribution in [2.24, 2.45) is 0 Å². The molecule has 1 aromatic carbocycles. The van der Waals surface area contributed by atoms with Gasteiger partial charge in [-0.25, -0.2) is 9.97 Å². The monoisotopic (exact) mass is 384 g/mol. The second-order valence-electron chi connectivity index (χ2n) is 8.19. The first-order chi connectivity index (χ1) is 13.6. The van der Waals surface area contributed by atoms with Gasteiger partial charge in [-0.15, -0.1) is 0 Å². The standard InChI is InChI=1S/C21H28N4O3/c26-13-21(10-1-2-11-21)25-19(28)17-5-3-4-14-12-22-20(24-18(14)17)23-15-6-8-16(27)9-7-15/h3-5,12,15-16,26-27H,1-2,6-11,13H2,(H,25,28)(H,22,23,24)/t15-,16-. The van der Waals surface area contributed by atoms with E-state index in [9.17, 15) is 15.0 Å². The quantitative estimate of drug-likeness (QED) is 0.630. The zero-order valence-corrected chi connectivity index (χ0v) is 16.0. The Morgan fingerprint density at radius 2 is 1.93 bits per heavy atom. The summed E-state index contributed by atoms with van der Waals surface area (Å²) < 4.78 is 0. The molecule has 0 radical (unpaired) electrons. The summed E-state index contributed by atoms with van der Waals surface area (Å²) in [5.74, 6) is 0.305. The maximum absolute atomic E-state index is 13.0. The third-order valence-electron chi connectivity index (χ3n) is 6.13. The van der Waals surface area contributed by atoms with Crippen LogP contribution in [0.15, 0.2) is 24.4 Å². The average Bonchev–Trinajstić information content (AvgIpc) is 3.18. The molecular weight excluding hydrogens is 356 g/mol. The van der Waals surface area contributed by atoms with Crippen LogP contribution in [0.25, 0.3) is 10.9 Å². The molecule has 1 aromatic heterocycles. The van der Waals surface area contributed by atoms with E-state index in [2.05, 4.69) is 20.6 Å². The molecule has 2 aliphatic carbocycles. The number of fused-ring (bicyclic) bond motifs is 1. The van der Waals surface area contributed by atoms with Crippen molar-refractivity contribution >= 4 is 22.8 Å². The Balaban J connectivity index is 1.57.